The minimum atomic E-state index is -0.0335. The fraction of sp³-hybridized carbons (Fsp3) is 0.400. The summed E-state index contributed by atoms with van der Waals surface area (Å²) in [6, 6.07) is 13.1. The number of carbonyl (C=O) groups is 1. The molecule has 3 fully saturated rings. The van der Waals surface area contributed by atoms with Gasteiger partial charge in [0.2, 0.25) is 0 Å². The van der Waals surface area contributed by atoms with E-state index in [0.717, 1.165) is 13.1 Å². The summed E-state index contributed by atoms with van der Waals surface area (Å²) >= 11 is 0. The van der Waals surface area contributed by atoms with Crippen molar-refractivity contribution in [3.05, 3.63) is 47.7 Å². The lowest BCUT2D eigenvalue weighted by Crippen LogP contribution is -2.62. The molecule has 1 unspecified atom stereocenters. The summed E-state index contributed by atoms with van der Waals surface area (Å²) in [5.74, 6) is 1.67. The summed E-state index contributed by atoms with van der Waals surface area (Å²) in [6.45, 7) is 4.51. The van der Waals surface area contributed by atoms with Crippen LogP contribution in [0.3, 0.4) is 0 Å². The molecular weight excluding hydrogens is 328 g/mol. The van der Waals surface area contributed by atoms with Crippen LogP contribution >= 0.6 is 0 Å². The number of piperidine rings is 3. The number of benzene rings is 1. The zero-order valence-electron chi connectivity index (χ0n) is 14.7. The first-order valence-corrected chi connectivity index (χ1v) is 9.06. The number of aromatic amines is 1. The van der Waals surface area contributed by atoms with E-state index in [1.165, 1.54) is 12.8 Å². The maximum absolute atomic E-state index is 12.6. The number of H-pyrrole nitrogens is 1. The smallest absolute Gasteiger partial charge is 0.251 e. The molecular formula is C20H22N4O2. The first kappa shape index (κ1) is 16.7. The Morgan fingerprint density at radius 2 is 1.96 bits per heavy atom. The quantitative estimate of drug-likeness (QED) is 0.888. The van der Waals surface area contributed by atoms with Crippen molar-refractivity contribution in [3.63, 3.8) is 0 Å². The van der Waals surface area contributed by atoms with E-state index in [4.69, 9.17) is 10.00 Å². The van der Waals surface area contributed by atoms with Crippen LogP contribution in [0.5, 0.6) is 11.6 Å². The molecule has 4 heterocycles. The number of nitriles is 1. The van der Waals surface area contributed by atoms with E-state index in [2.05, 4.69) is 22.1 Å². The number of nitrogens with zero attached hydrogens (tertiary/aromatic N) is 2. The number of rotatable bonds is 4. The number of carbonyl (C=O) groups excluding carboxylic acids is 1. The highest BCUT2D eigenvalue weighted by molar-refractivity contribution is 5.94. The second-order valence-corrected chi connectivity index (χ2v) is 7.09. The van der Waals surface area contributed by atoms with Crippen LogP contribution in [0, 0.1) is 17.2 Å². The van der Waals surface area contributed by atoms with Crippen molar-refractivity contribution in [3.8, 4) is 17.7 Å². The van der Waals surface area contributed by atoms with E-state index in [9.17, 15) is 4.79 Å². The van der Waals surface area contributed by atoms with Crippen molar-refractivity contribution >= 4 is 5.91 Å². The van der Waals surface area contributed by atoms with Gasteiger partial charge in [-0.25, -0.2) is 0 Å². The van der Waals surface area contributed by atoms with Gasteiger partial charge in [0.05, 0.1) is 0 Å². The molecule has 1 amide bonds. The Hall–Kier alpha value is -2.78. The maximum Gasteiger partial charge on any atom is 0.251 e. The van der Waals surface area contributed by atoms with Gasteiger partial charge in [0.1, 0.15) is 17.5 Å². The molecule has 0 aliphatic carbocycles. The van der Waals surface area contributed by atoms with Gasteiger partial charge in [0.25, 0.3) is 5.91 Å². The van der Waals surface area contributed by atoms with Crippen LogP contribution in [0.2, 0.25) is 0 Å². The Bertz CT molecular complexity index is 826. The van der Waals surface area contributed by atoms with Crippen LogP contribution in [-0.2, 0) is 0 Å². The standard InChI is InChI=1S/C20H22N4O2/c1-13-19(14-8-10-24(13)11-9-14)23-20(25)15-2-5-17(6-3-15)26-18-7-4-16(12-21)22-18/h2-7,13-14,19,22H,8-11H2,1H3,(H,23,25)/t13?,19-/m0/s1. The Morgan fingerprint density at radius 1 is 1.23 bits per heavy atom. The van der Waals surface area contributed by atoms with E-state index in [-0.39, 0.29) is 11.9 Å². The number of hydrogen-bond acceptors (Lipinski definition) is 4. The van der Waals surface area contributed by atoms with Crippen LogP contribution in [0.25, 0.3) is 0 Å². The lowest BCUT2D eigenvalue weighted by molar-refractivity contribution is 0.0217. The minimum Gasteiger partial charge on any atom is -0.441 e. The second-order valence-electron chi connectivity index (χ2n) is 7.09. The first-order chi connectivity index (χ1) is 12.6. The van der Waals surface area contributed by atoms with Crippen LogP contribution in [-0.4, -0.2) is 41.0 Å². The summed E-state index contributed by atoms with van der Waals surface area (Å²) in [5, 5.41) is 12.1. The predicted molar refractivity (Wildman–Crippen MR) is 97.0 cm³/mol. The first-order valence-electron chi connectivity index (χ1n) is 9.06. The average molecular weight is 350 g/mol. The SMILES string of the molecule is CC1[C@H](NC(=O)c2ccc(Oc3ccc(C#N)[nH]3)cc2)C2CCN1CC2. The van der Waals surface area contributed by atoms with Gasteiger partial charge in [-0.3, -0.25) is 9.69 Å². The molecule has 3 aliphatic rings. The predicted octanol–water partition coefficient (Wildman–Crippen LogP) is 2.89. The summed E-state index contributed by atoms with van der Waals surface area (Å²) < 4.78 is 5.66. The summed E-state index contributed by atoms with van der Waals surface area (Å²) in [7, 11) is 0. The number of nitrogens with one attached hydrogen (secondary N) is 2. The van der Waals surface area contributed by atoms with Crippen LogP contribution in [0.1, 0.15) is 35.8 Å². The van der Waals surface area contributed by atoms with E-state index in [1.807, 2.05) is 6.07 Å². The number of hydrogen-bond donors (Lipinski definition) is 2. The normalized spacial score (nSPS) is 26.9. The monoisotopic (exact) mass is 350 g/mol. The highest BCUT2D eigenvalue weighted by Crippen LogP contribution is 2.32. The van der Waals surface area contributed by atoms with Crippen molar-refractivity contribution < 1.29 is 9.53 Å². The van der Waals surface area contributed by atoms with E-state index >= 15 is 0 Å². The summed E-state index contributed by atoms with van der Waals surface area (Å²) in [5.41, 5.74) is 1.08. The van der Waals surface area contributed by atoms with E-state index < -0.39 is 0 Å². The van der Waals surface area contributed by atoms with Gasteiger partial charge in [0.15, 0.2) is 5.88 Å². The summed E-state index contributed by atoms with van der Waals surface area (Å²) in [6.07, 6.45) is 2.34. The molecule has 2 bridgehead atoms. The van der Waals surface area contributed by atoms with E-state index in [0.29, 0.717) is 34.8 Å². The topological polar surface area (TPSA) is 81.1 Å². The van der Waals surface area contributed by atoms with Crippen molar-refractivity contribution in [1.29, 1.82) is 5.26 Å². The lowest BCUT2D eigenvalue weighted by Gasteiger charge is -2.49. The summed E-state index contributed by atoms with van der Waals surface area (Å²) in [4.78, 5) is 18.0. The highest BCUT2D eigenvalue weighted by Gasteiger charge is 2.40. The Balaban J connectivity index is 1.40. The lowest BCUT2D eigenvalue weighted by atomic mass is 9.79. The molecule has 134 valence electrons. The van der Waals surface area contributed by atoms with Gasteiger partial charge in [-0.2, -0.15) is 5.26 Å². The third kappa shape index (κ3) is 3.18. The molecule has 0 spiro atoms. The maximum atomic E-state index is 12.6. The molecule has 2 atom stereocenters. The van der Waals surface area contributed by atoms with Crippen LogP contribution in [0.15, 0.2) is 36.4 Å². The van der Waals surface area contributed by atoms with Gasteiger partial charge < -0.3 is 15.0 Å². The molecule has 0 radical (unpaired) electrons. The Kier molecular flexibility index (Phi) is 4.39. The second kappa shape index (κ2) is 6.85. The van der Waals surface area contributed by atoms with Crippen molar-refractivity contribution in [2.75, 3.05) is 13.1 Å². The fourth-order valence-electron chi connectivity index (χ4n) is 4.08. The molecule has 6 heteroatoms. The highest BCUT2D eigenvalue weighted by atomic mass is 16.5. The van der Waals surface area contributed by atoms with Gasteiger partial charge in [0, 0.05) is 23.7 Å². The Labute approximate surface area is 152 Å². The van der Waals surface area contributed by atoms with Gasteiger partial charge in [-0.15, -0.1) is 0 Å². The number of fused-ring (bicyclic) bond motifs is 3. The fourth-order valence-corrected chi connectivity index (χ4v) is 4.08. The average Bonchev–Trinajstić information content (AvgIpc) is 3.13. The van der Waals surface area contributed by atoms with Gasteiger partial charge in [-0.1, -0.05) is 0 Å². The molecule has 2 N–H and O–H groups in total. The van der Waals surface area contributed by atoms with Crippen molar-refractivity contribution in [2.45, 2.75) is 31.8 Å². The molecule has 3 saturated heterocycles. The molecule has 0 saturated carbocycles. The minimum absolute atomic E-state index is 0.0335. The van der Waals surface area contributed by atoms with E-state index in [1.54, 1.807) is 36.4 Å². The molecule has 2 aromatic rings. The van der Waals surface area contributed by atoms with Crippen molar-refractivity contribution in [1.82, 2.24) is 15.2 Å². The van der Waals surface area contributed by atoms with Gasteiger partial charge in [-0.05, 0) is 69.1 Å². The largest absolute Gasteiger partial charge is 0.441 e. The van der Waals surface area contributed by atoms with Crippen LogP contribution in [0.4, 0.5) is 0 Å². The molecule has 1 aromatic carbocycles. The molecule has 5 rings (SSSR count). The molecule has 1 aromatic heterocycles. The molecule has 3 aliphatic heterocycles. The molecule has 6 nitrogen and oxygen atoms in total. The Morgan fingerprint density at radius 3 is 2.58 bits per heavy atom. The number of ether oxygens (including phenoxy) is 1. The van der Waals surface area contributed by atoms with Crippen molar-refractivity contribution in [2.24, 2.45) is 5.92 Å². The third-order valence-corrected chi connectivity index (χ3v) is 5.60. The van der Waals surface area contributed by atoms with Gasteiger partial charge >= 0.3 is 0 Å². The third-order valence-electron chi connectivity index (χ3n) is 5.60. The number of amides is 1. The van der Waals surface area contributed by atoms with Crippen LogP contribution < -0.4 is 10.1 Å². The molecule has 26 heavy (non-hydrogen) atoms. The number of aromatic nitrogens is 1. The zero-order chi connectivity index (χ0) is 18.1. The zero-order valence-corrected chi connectivity index (χ0v) is 14.7.